The summed E-state index contributed by atoms with van der Waals surface area (Å²) >= 11 is 0. The Morgan fingerprint density at radius 1 is 0.292 bits per heavy atom. The van der Waals surface area contributed by atoms with Crippen molar-refractivity contribution < 1.29 is 4.42 Å². The molecule has 1 heterocycles. The number of hydrogen-bond acceptors (Lipinski definition) is 1. The van der Waals surface area contributed by atoms with Crippen molar-refractivity contribution in [2.24, 2.45) is 0 Å². The Morgan fingerprint density at radius 3 is 1.48 bits per heavy atom. The molecule has 0 saturated heterocycles. The summed E-state index contributed by atoms with van der Waals surface area (Å²) in [6.07, 6.45) is 0. The molecule has 2 aliphatic carbocycles. The molecule has 0 fully saturated rings. The van der Waals surface area contributed by atoms with E-state index in [-0.39, 0.29) is 10.8 Å². The predicted octanol–water partition coefficient (Wildman–Crippen LogP) is 17.8. The first-order chi connectivity index (χ1) is 31.8. The summed E-state index contributed by atoms with van der Waals surface area (Å²) in [5.74, 6) is 0. The highest BCUT2D eigenvalue weighted by atomic mass is 16.3. The van der Waals surface area contributed by atoms with Crippen molar-refractivity contribution in [1.29, 1.82) is 0 Å². The molecular formula is C64H44O. The molecule has 11 aromatic carbocycles. The van der Waals surface area contributed by atoms with Crippen LogP contribution in [0.2, 0.25) is 0 Å². The van der Waals surface area contributed by atoms with Crippen molar-refractivity contribution in [2.45, 2.75) is 38.5 Å². The molecule has 0 bridgehead atoms. The highest BCUT2D eigenvalue weighted by molar-refractivity contribution is 6.24. The van der Waals surface area contributed by atoms with Crippen LogP contribution in [0.4, 0.5) is 0 Å². The van der Waals surface area contributed by atoms with Crippen LogP contribution in [0.25, 0.3) is 121 Å². The second-order valence-corrected chi connectivity index (χ2v) is 19.5. The summed E-state index contributed by atoms with van der Waals surface area (Å²) in [5, 5.41) is 12.6. The first-order valence-corrected chi connectivity index (χ1v) is 23.0. The van der Waals surface area contributed by atoms with Crippen LogP contribution < -0.4 is 0 Å². The topological polar surface area (TPSA) is 13.1 Å². The van der Waals surface area contributed by atoms with Gasteiger partial charge >= 0.3 is 0 Å². The summed E-state index contributed by atoms with van der Waals surface area (Å²) in [5.41, 5.74) is 20.1. The Bertz CT molecular complexity index is 4000. The van der Waals surface area contributed by atoms with Gasteiger partial charge < -0.3 is 4.42 Å². The molecule has 65 heavy (non-hydrogen) atoms. The van der Waals surface area contributed by atoms with Crippen LogP contribution in [-0.2, 0) is 10.8 Å². The number of furan rings is 1. The zero-order valence-corrected chi connectivity index (χ0v) is 36.9. The lowest BCUT2D eigenvalue weighted by atomic mass is 9.79. The maximum absolute atomic E-state index is 6.31. The average molecular weight is 829 g/mol. The van der Waals surface area contributed by atoms with Gasteiger partial charge in [-0.05, 0) is 157 Å². The highest BCUT2D eigenvalue weighted by Gasteiger charge is 2.39. The van der Waals surface area contributed by atoms with E-state index < -0.39 is 0 Å². The van der Waals surface area contributed by atoms with Gasteiger partial charge in [-0.2, -0.15) is 0 Å². The monoisotopic (exact) mass is 828 g/mol. The predicted molar refractivity (Wildman–Crippen MR) is 275 cm³/mol. The third-order valence-electron chi connectivity index (χ3n) is 15.5. The Balaban J connectivity index is 0.880. The molecule has 0 N–H and O–H groups in total. The molecule has 1 heteroatoms. The van der Waals surface area contributed by atoms with E-state index in [0.717, 1.165) is 11.2 Å². The van der Waals surface area contributed by atoms with Crippen molar-refractivity contribution in [1.82, 2.24) is 0 Å². The van der Waals surface area contributed by atoms with Crippen LogP contribution in [0.3, 0.4) is 0 Å². The minimum Gasteiger partial charge on any atom is -0.456 e. The van der Waals surface area contributed by atoms with Gasteiger partial charge in [0.2, 0.25) is 0 Å². The lowest BCUT2D eigenvalue weighted by molar-refractivity contribution is 0.660. The van der Waals surface area contributed by atoms with E-state index in [2.05, 4.69) is 222 Å². The fourth-order valence-corrected chi connectivity index (χ4v) is 12.3. The Labute approximate surface area is 378 Å². The van der Waals surface area contributed by atoms with Gasteiger partial charge in [-0.15, -0.1) is 0 Å². The van der Waals surface area contributed by atoms with Crippen LogP contribution >= 0.6 is 0 Å². The molecule has 0 amide bonds. The number of para-hydroxylation sites is 1. The number of fused-ring (bicyclic) bond motifs is 15. The maximum Gasteiger partial charge on any atom is 0.136 e. The summed E-state index contributed by atoms with van der Waals surface area (Å²) < 4.78 is 6.31. The summed E-state index contributed by atoms with van der Waals surface area (Å²) in [7, 11) is 0. The molecule has 0 unspecified atom stereocenters. The highest BCUT2D eigenvalue weighted by Crippen LogP contribution is 2.55. The van der Waals surface area contributed by atoms with Crippen molar-refractivity contribution in [2.75, 3.05) is 0 Å². The van der Waals surface area contributed by atoms with E-state index in [1.165, 1.54) is 132 Å². The van der Waals surface area contributed by atoms with Gasteiger partial charge in [-0.25, -0.2) is 0 Å². The van der Waals surface area contributed by atoms with Crippen molar-refractivity contribution in [3.8, 4) is 55.6 Å². The van der Waals surface area contributed by atoms with Crippen LogP contribution in [0.15, 0.2) is 199 Å². The lowest BCUT2D eigenvalue weighted by Gasteiger charge is -2.24. The van der Waals surface area contributed by atoms with Gasteiger partial charge in [0.1, 0.15) is 11.2 Å². The average Bonchev–Trinajstić information content (AvgIpc) is 3.92. The first kappa shape index (κ1) is 36.7. The van der Waals surface area contributed by atoms with Gasteiger partial charge in [0.05, 0.1) is 0 Å². The molecule has 0 atom stereocenters. The molecule has 0 saturated carbocycles. The molecule has 2 aliphatic rings. The largest absolute Gasteiger partial charge is 0.456 e. The third-order valence-corrected chi connectivity index (χ3v) is 15.5. The molecule has 1 nitrogen and oxygen atoms in total. The van der Waals surface area contributed by atoms with Crippen molar-refractivity contribution in [3.05, 3.63) is 216 Å². The van der Waals surface area contributed by atoms with Crippen LogP contribution in [0, 0.1) is 0 Å². The van der Waals surface area contributed by atoms with Gasteiger partial charge in [-0.1, -0.05) is 185 Å². The van der Waals surface area contributed by atoms with E-state index in [1.54, 1.807) is 0 Å². The molecule has 0 radical (unpaired) electrons. The minimum atomic E-state index is -0.196. The number of benzene rings is 11. The SMILES string of the molecule is CC1(C)c2cc(-c3ccc4c(c3)C(C)(C)c3ccc5c(ccc6oc7ccccc7c65)c3-4)ccc2-c2ccc(-c3c4ccccc4c(-c4cccc5ccccc45)c4ccccc34)cc21. The van der Waals surface area contributed by atoms with Crippen LogP contribution in [-0.4, -0.2) is 0 Å². The van der Waals surface area contributed by atoms with Crippen LogP contribution in [0.1, 0.15) is 49.9 Å². The fraction of sp³-hybridized carbons (Fsp3) is 0.0938. The maximum atomic E-state index is 6.31. The zero-order chi connectivity index (χ0) is 43.3. The van der Waals surface area contributed by atoms with Crippen LogP contribution in [0.5, 0.6) is 0 Å². The number of rotatable bonds is 3. The molecule has 12 aromatic rings. The summed E-state index contributed by atoms with van der Waals surface area (Å²) in [6.45, 7) is 9.61. The third kappa shape index (κ3) is 4.93. The van der Waals surface area contributed by atoms with E-state index in [1.807, 2.05) is 0 Å². The Hall–Kier alpha value is -7.74. The molecule has 0 spiro atoms. The van der Waals surface area contributed by atoms with E-state index in [0.29, 0.717) is 0 Å². The molecule has 0 aliphatic heterocycles. The smallest absolute Gasteiger partial charge is 0.136 e. The fourth-order valence-electron chi connectivity index (χ4n) is 12.3. The van der Waals surface area contributed by atoms with Gasteiger partial charge in [0, 0.05) is 21.6 Å². The van der Waals surface area contributed by atoms with Gasteiger partial charge in [0.25, 0.3) is 0 Å². The van der Waals surface area contributed by atoms with E-state index >= 15 is 0 Å². The normalized spacial score (nSPS) is 14.4. The van der Waals surface area contributed by atoms with E-state index in [4.69, 9.17) is 4.42 Å². The van der Waals surface area contributed by atoms with Gasteiger partial charge in [-0.3, -0.25) is 0 Å². The molecule has 306 valence electrons. The molecular weight excluding hydrogens is 785 g/mol. The lowest BCUT2D eigenvalue weighted by Crippen LogP contribution is -2.15. The minimum absolute atomic E-state index is 0.146. The Kier molecular flexibility index (Phi) is 7.30. The molecule has 14 rings (SSSR count). The van der Waals surface area contributed by atoms with Crippen molar-refractivity contribution in [3.63, 3.8) is 0 Å². The second kappa shape index (κ2) is 12.9. The summed E-state index contributed by atoms with van der Waals surface area (Å²) in [4.78, 5) is 0. The second-order valence-electron chi connectivity index (χ2n) is 19.5. The Morgan fingerprint density at radius 2 is 0.785 bits per heavy atom. The first-order valence-electron chi connectivity index (χ1n) is 23.0. The van der Waals surface area contributed by atoms with E-state index in [9.17, 15) is 0 Å². The van der Waals surface area contributed by atoms with Gasteiger partial charge in [0.15, 0.2) is 0 Å². The standard InChI is InChI=1S/C64H44O/c1-63(2)53-32-30-50-49(31-33-58-62(50)52-21-11-12-23-57(52)65-58)61(53)51-29-25-39(35-56(51)63)38-24-27-42-43-28-26-40(36-55(43)64(3,4)54(42)34-38)59-45-17-7-9-19-47(45)60(48-20-10-8-18-46(48)59)44-22-13-15-37-14-5-6-16-41(37)44/h5-36H,1-4H3. The summed E-state index contributed by atoms with van der Waals surface area (Å²) in [6, 6.07) is 72.8. The zero-order valence-electron chi connectivity index (χ0n) is 36.9. The quantitative estimate of drug-likeness (QED) is 0.162. The molecule has 1 aromatic heterocycles. The number of hydrogen-bond donors (Lipinski definition) is 0. The van der Waals surface area contributed by atoms with Crippen molar-refractivity contribution >= 4 is 65.0 Å².